The lowest BCUT2D eigenvalue weighted by Crippen LogP contribution is -2.42. The van der Waals surface area contributed by atoms with Crippen molar-refractivity contribution in [2.45, 2.75) is 19.6 Å². The third kappa shape index (κ3) is 4.15. The summed E-state index contributed by atoms with van der Waals surface area (Å²) in [6.07, 6.45) is 1.24. The molecule has 0 spiro atoms. The van der Waals surface area contributed by atoms with E-state index < -0.39 is 17.7 Å². The lowest BCUT2D eigenvalue weighted by atomic mass is 10.2. The zero-order chi connectivity index (χ0) is 18.7. The minimum atomic E-state index is -1.28. The van der Waals surface area contributed by atoms with E-state index in [1.54, 1.807) is 48.5 Å². The number of nitrogens with one attached hydrogen (secondary N) is 1. The molecule has 3 rings (SSSR count). The van der Waals surface area contributed by atoms with E-state index in [9.17, 15) is 9.59 Å². The van der Waals surface area contributed by atoms with Gasteiger partial charge in [0, 0.05) is 25.1 Å². The Labute approximate surface area is 155 Å². The minimum absolute atomic E-state index is 0.234. The van der Waals surface area contributed by atoms with Crippen LogP contribution in [-0.2, 0) is 19.1 Å². The van der Waals surface area contributed by atoms with Crippen LogP contribution < -0.4 is 10.1 Å². The number of anilines is 1. The second kappa shape index (κ2) is 7.09. The van der Waals surface area contributed by atoms with Crippen molar-refractivity contribution in [3.8, 4) is 11.5 Å². The molecule has 0 amide bonds. The van der Waals surface area contributed by atoms with Crippen molar-refractivity contribution in [2.24, 2.45) is 0 Å². The number of rotatable bonds is 4. The molecule has 0 unspecified atom stereocenters. The predicted molar refractivity (Wildman–Crippen MR) is 95.9 cm³/mol. The molecule has 0 atom stereocenters. The molecule has 2 aromatic rings. The second-order valence-corrected chi connectivity index (χ2v) is 6.37. The van der Waals surface area contributed by atoms with E-state index in [4.69, 9.17) is 25.8 Å². The molecule has 1 aliphatic rings. The molecule has 1 aliphatic heterocycles. The molecule has 1 fully saturated rings. The Kier molecular flexibility index (Phi) is 4.86. The van der Waals surface area contributed by atoms with Gasteiger partial charge in [0.1, 0.15) is 5.75 Å². The van der Waals surface area contributed by atoms with Crippen LogP contribution in [0.1, 0.15) is 13.8 Å². The summed E-state index contributed by atoms with van der Waals surface area (Å²) in [5.41, 5.74) is 0.312. The summed E-state index contributed by atoms with van der Waals surface area (Å²) < 4.78 is 15.9. The average Bonchev–Trinajstić information content (AvgIpc) is 2.54. The molecule has 0 saturated carbocycles. The van der Waals surface area contributed by atoms with Crippen LogP contribution in [0.3, 0.4) is 0 Å². The predicted octanol–water partition coefficient (Wildman–Crippen LogP) is 4.26. The van der Waals surface area contributed by atoms with Crippen LogP contribution >= 0.6 is 11.6 Å². The third-order valence-electron chi connectivity index (χ3n) is 3.40. The zero-order valence-electron chi connectivity index (χ0n) is 14.1. The van der Waals surface area contributed by atoms with Gasteiger partial charge in [-0.1, -0.05) is 29.8 Å². The number of carbonyl (C=O) groups is 2. The SMILES string of the molecule is CC1(C)OC(=O)C(=CNc2ccccc2Oc2cccc(Cl)c2)C(=O)O1. The number of hydrogen-bond acceptors (Lipinski definition) is 6. The summed E-state index contributed by atoms with van der Waals surface area (Å²) in [7, 11) is 0. The molecule has 0 radical (unpaired) electrons. The van der Waals surface area contributed by atoms with Crippen molar-refractivity contribution in [2.75, 3.05) is 5.32 Å². The maximum atomic E-state index is 12.0. The lowest BCUT2D eigenvalue weighted by Gasteiger charge is -2.29. The first kappa shape index (κ1) is 17.8. The van der Waals surface area contributed by atoms with Crippen molar-refractivity contribution in [3.63, 3.8) is 0 Å². The summed E-state index contributed by atoms with van der Waals surface area (Å²) in [5.74, 6) is -1.75. The smallest absolute Gasteiger partial charge is 0.350 e. The Balaban J connectivity index is 1.81. The van der Waals surface area contributed by atoms with Crippen molar-refractivity contribution in [3.05, 3.63) is 65.3 Å². The number of para-hydroxylation sites is 2. The Morgan fingerprint density at radius 3 is 2.42 bits per heavy atom. The van der Waals surface area contributed by atoms with E-state index in [0.717, 1.165) is 0 Å². The second-order valence-electron chi connectivity index (χ2n) is 5.94. The highest BCUT2D eigenvalue weighted by molar-refractivity contribution is 6.30. The van der Waals surface area contributed by atoms with Crippen molar-refractivity contribution >= 4 is 29.2 Å². The number of ether oxygens (including phenoxy) is 3. The molecule has 1 N–H and O–H groups in total. The van der Waals surface area contributed by atoms with Crippen LogP contribution in [0.4, 0.5) is 5.69 Å². The first-order chi connectivity index (χ1) is 12.3. The zero-order valence-corrected chi connectivity index (χ0v) is 14.9. The molecule has 0 bridgehead atoms. The molecule has 0 aliphatic carbocycles. The number of carbonyl (C=O) groups excluding carboxylic acids is 2. The van der Waals surface area contributed by atoms with Gasteiger partial charge in [0.25, 0.3) is 5.79 Å². The van der Waals surface area contributed by atoms with E-state index >= 15 is 0 Å². The van der Waals surface area contributed by atoms with Crippen molar-refractivity contribution < 1.29 is 23.8 Å². The van der Waals surface area contributed by atoms with Crippen molar-refractivity contribution in [1.29, 1.82) is 0 Å². The Bertz CT molecular complexity index is 869. The topological polar surface area (TPSA) is 73.9 Å². The molecular formula is C19H16ClNO5. The first-order valence-corrected chi connectivity index (χ1v) is 8.18. The normalized spacial score (nSPS) is 15.7. The first-order valence-electron chi connectivity index (χ1n) is 7.80. The highest BCUT2D eigenvalue weighted by atomic mass is 35.5. The molecule has 26 heavy (non-hydrogen) atoms. The number of benzene rings is 2. The van der Waals surface area contributed by atoms with Crippen molar-refractivity contribution in [1.82, 2.24) is 0 Å². The summed E-state index contributed by atoms with van der Waals surface area (Å²) in [4.78, 5) is 24.0. The highest BCUT2D eigenvalue weighted by Crippen LogP contribution is 2.31. The van der Waals surface area contributed by atoms with Crippen LogP contribution in [0.5, 0.6) is 11.5 Å². The van der Waals surface area contributed by atoms with Gasteiger partial charge in [-0.15, -0.1) is 0 Å². The van der Waals surface area contributed by atoms with E-state index in [1.807, 2.05) is 0 Å². The van der Waals surface area contributed by atoms with Crippen LogP contribution in [0.15, 0.2) is 60.3 Å². The lowest BCUT2D eigenvalue weighted by molar-refractivity contribution is -0.222. The molecule has 2 aromatic carbocycles. The number of hydrogen-bond donors (Lipinski definition) is 1. The van der Waals surface area contributed by atoms with Crippen LogP contribution in [0, 0.1) is 0 Å². The molecule has 0 aromatic heterocycles. The maximum Gasteiger partial charge on any atom is 0.350 e. The number of halogens is 1. The Morgan fingerprint density at radius 2 is 1.73 bits per heavy atom. The van der Waals surface area contributed by atoms with Gasteiger partial charge in [-0.3, -0.25) is 0 Å². The highest BCUT2D eigenvalue weighted by Gasteiger charge is 2.38. The van der Waals surface area contributed by atoms with Gasteiger partial charge in [0.15, 0.2) is 11.3 Å². The molecular weight excluding hydrogens is 358 g/mol. The molecule has 1 saturated heterocycles. The fourth-order valence-electron chi connectivity index (χ4n) is 2.26. The van der Waals surface area contributed by atoms with E-state index in [1.165, 1.54) is 20.0 Å². The van der Waals surface area contributed by atoms with Gasteiger partial charge < -0.3 is 19.5 Å². The van der Waals surface area contributed by atoms with Crippen LogP contribution in [-0.4, -0.2) is 17.7 Å². The number of cyclic esters (lactones) is 2. The summed E-state index contributed by atoms with van der Waals surface area (Å²) in [5, 5.41) is 3.43. The van der Waals surface area contributed by atoms with Gasteiger partial charge in [-0.25, -0.2) is 9.59 Å². The third-order valence-corrected chi connectivity index (χ3v) is 3.63. The summed E-state index contributed by atoms with van der Waals surface area (Å²) in [6, 6.07) is 14.0. The summed E-state index contributed by atoms with van der Waals surface area (Å²) in [6.45, 7) is 2.97. The fraction of sp³-hybridized carbons (Fsp3) is 0.158. The monoisotopic (exact) mass is 373 g/mol. The fourth-order valence-corrected chi connectivity index (χ4v) is 2.44. The number of esters is 2. The minimum Gasteiger partial charge on any atom is -0.455 e. The van der Waals surface area contributed by atoms with Gasteiger partial charge in [0.2, 0.25) is 0 Å². The summed E-state index contributed by atoms with van der Waals surface area (Å²) >= 11 is 5.96. The molecule has 1 heterocycles. The van der Waals surface area contributed by atoms with Gasteiger partial charge in [0.05, 0.1) is 5.69 Å². The largest absolute Gasteiger partial charge is 0.455 e. The molecule has 6 nitrogen and oxygen atoms in total. The van der Waals surface area contributed by atoms with E-state index in [2.05, 4.69) is 5.32 Å². The van der Waals surface area contributed by atoms with Gasteiger partial charge in [-0.05, 0) is 30.3 Å². The van der Waals surface area contributed by atoms with Crippen LogP contribution in [0.25, 0.3) is 0 Å². The molecule has 7 heteroatoms. The van der Waals surface area contributed by atoms with E-state index in [-0.39, 0.29) is 5.57 Å². The standard InChI is InChI=1S/C19H16ClNO5/c1-19(2)25-17(22)14(18(23)26-19)11-21-15-8-3-4-9-16(15)24-13-7-5-6-12(20)10-13/h3-11,21H,1-2H3. The molecule has 134 valence electrons. The quantitative estimate of drug-likeness (QED) is 0.490. The Hall–Kier alpha value is -2.99. The average molecular weight is 374 g/mol. The van der Waals surface area contributed by atoms with Crippen LogP contribution in [0.2, 0.25) is 5.02 Å². The maximum absolute atomic E-state index is 12.0. The van der Waals surface area contributed by atoms with E-state index in [0.29, 0.717) is 22.2 Å². The van der Waals surface area contributed by atoms with Gasteiger partial charge in [-0.2, -0.15) is 0 Å². The van der Waals surface area contributed by atoms with Gasteiger partial charge >= 0.3 is 11.9 Å². The Morgan fingerprint density at radius 1 is 1.04 bits per heavy atom.